The summed E-state index contributed by atoms with van der Waals surface area (Å²) in [7, 11) is 0. The number of fused-ring (bicyclic) bond motifs is 1. The molecule has 8 nitrogen and oxygen atoms in total. The molecule has 0 spiro atoms. The first-order valence-corrected chi connectivity index (χ1v) is 9.49. The fourth-order valence-electron chi connectivity index (χ4n) is 3.62. The Bertz CT molecular complexity index is 645. The largest absolute Gasteiger partial charge is 0.393 e. The molecule has 26 heavy (non-hydrogen) atoms. The second kappa shape index (κ2) is 8.64. The number of nitrogens with zero attached hydrogens (tertiary/aromatic N) is 4. The van der Waals surface area contributed by atoms with Crippen molar-refractivity contribution >= 4 is 11.8 Å². The molecular weight excluding hydrogens is 336 g/mol. The minimum atomic E-state index is -0.993. The van der Waals surface area contributed by atoms with Gasteiger partial charge in [-0.15, -0.1) is 0 Å². The lowest BCUT2D eigenvalue weighted by molar-refractivity contribution is -0.134. The smallest absolute Gasteiger partial charge is 0.224 e. The number of hydrogen-bond donors (Lipinski definition) is 2. The predicted octanol–water partition coefficient (Wildman–Crippen LogP) is 0.434. The summed E-state index contributed by atoms with van der Waals surface area (Å²) in [6.07, 6.45) is 3.76. The molecule has 1 aromatic rings. The van der Waals surface area contributed by atoms with Crippen molar-refractivity contribution in [3.05, 3.63) is 17.5 Å². The molecule has 2 N–H and O–H groups in total. The average Bonchev–Trinajstić information content (AvgIpc) is 2.79. The predicted molar refractivity (Wildman–Crippen MR) is 94.0 cm³/mol. The average molecular weight is 364 g/mol. The summed E-state index contributed by atoms with van der Waals surface area (Å²) in [5.41, 5.74) is 1.30. The molecule has 144 valence electrons. The number of carbonyl (C=O) groups excluding carboxylic acids is 2. The van der Waals surface area contributed by atoms with Gasteiger partial charge in [0.15, 0.2) is 0 Å². The van der Waals surface area contributed by atoms with Crippen LogP contribution in [0.3, 0.4) is 0 Å². The standard InChI is InChI=1S/C18H28N4O4/c23-13-16(24)15-11-14-12-21(8-4-9-22(14)19-15)18(26)6-10-20-7-3-1-2-5-17(20)25/h11,16,23-24H,1-10,12-13H2/t16-/m0/s1. The van der Waals surface area contributed by atoms with E-state index in [0.29, 0.717) is 44.7 Å². The number of aryl methyl sites for hydroxylation is 1. The van der Waals surface area contributed by atoms with E-state index in [2.05, 4.69) is 5.10 Å². The Hall–Kier alpha value is -1.93. The Kier molecular flexibility index (Phi) is 6.26. The summed E-state index contributed by atoms with van der Waals surface area (Å²) in [5.74, 6) is 0.202. The summed E-state index contributed by atoms with van der Waals surface area (Å²) in [5, 5.41) is 23.2. The van der Waals surface area contributed by atoms with Crippen LogP contribution in [0.4, 0.5) is 0 Å². The van der Waals surface area contributed by atoms with Crippen molar-refractivity contribution in [1.29, 1.82) is 0 Å². The van der Waals surface area contributed by atoms with Gasteiger partial charge in [0.25, 0.3) is 0 Å². The minimum Gasteiger partial charge on any atom is -0.393 e. The number of rotatable bonds is 5. The maximum atomic E-state index is 12.7. The monoisotopic (exact) mass is 364 g/mol. The number of aliphatic hydroxyl groups is 2. The van der Waals surface area contributed by atoms with Gasteiger partial charge in [-0.3, -0.25) is 14.3 Å². The molecule has 0 unspecified atom stereocenters. The van der Waals surface area contributed by atoms with Crippen LogP contribution in [0.15, 0.2) is 6.07 Å². The van der Waals surface area contributed by atoms with Crippen LogP contribution < -0.4 is 0 Å². The first kappa shape index (κ1) is 18.8. The molecule has 0 saturated carbocycles. The van der Waals surface area contributed by atoms with E-state index in [0.717, 1.165) is 37.9 Å². The molecule has 1 fully saturated rings. The van der Waals surface area contributed by atoms with Crippen LogP contribution in [0, 0.1) is 0 Å². The van der Waals surface area contributed by atoms with Crippen LogP contribution in [0.25, 0.3) is 0 Å². The van der Waals surface area contributed by atoms with Crippen LogP contribution in [0.2, 0.25) is 0 Å². The van der Waals surface area contributed by atoms with Crippen molar-refractivity contribution in [2.45, 2.75) is 57.7 Å². The Balaban J connectivity index is 1.59. The Morgan fingerprint density at radius 1 is 1.19 bits per heavy atom. The summed E-state index contributed by atoms with van der Waals surface area (Å²) in [6.45, 7) is 2.65. The highest BCUT2D eigenvalue weighted by Gasteiger charge is 2.24. The first-order valence-electron chi connectivity index (χ1n) is 9.49. The zero-order valence-electron chi connectivity index (χ0n) is 15.1. The van der Waals surface area contributed by atoms with Crippen LogP contribution in [0.5, 0.6) is 0 Å². The molecule has 2 aliphatic rings. The summed E-state index contributed by atoms with van der Waals surface area (Å²) < 4.78 is 1.81. The summed E-state index contributed by atoms with van der Waals surface area (Å²) in [6, 6.07) is 1.75. The van der Waals surface area contributed by atoms with Gasteiger partial charge in [0.1, 0.15) is 6.10 Å². The van der Waals surface area contributed by atoms with Crippen LogP contribution in [0.1, 0.15) is 56.0 Å². The second-order valence-corrected chi connectivity index (χ2v) is 7.09. The molecule has 0 bridgehead atoms. The topological polar surface area (TPSA) is 98.9 Å². The number of hydrogen-bond acceptors (Lipinski definition) is 5. The van der Waals surface area contributed by atoms with E-state index in [1.807, 2.05) is 4.90 Å². The highest BCUT2D eigenvalue weighted by atomic mass is 16.3. The lowest BCUT2D eigenvalue weighted by atomic mass is 10.2. The quantitative estimate of drug-likeness (QED) is 0.790. The van der Waals surface area contributed by atoms with E-state index in [1.165, 1.54) is 0 Å². The fraction of sp³-hybridized carbons (Fsp3) is 0.722. The lowest BCUT2D eigenvalue weighted by Gasteiger charge is -2.24. The van der Waals surface area contributed by atoms with Gasteiger partial charge in [-0.1, -0.05) is 6.42 Å². The van der Waals surface area contributed by atoms with Crippen molar-refractivity contribution < 1.29 is 19.8 Å². The molecule has 0 aromatic carbocycles. The van der Waals surface area contributed by atoms with Crippen LogP contribution in [-0.2, 0) is 22.7 Å². The van der Waals surface area contributed by atoms with E-state index < -0.39 is 6.10 Å². The molecule has 8 heteroatoms. The maximum absolute atomic E-state index is 12.7. The van der Waals surface area contributed by atoms with Gasteiger partial charge < -0.3 is 20.0 Å². The molecule has 3 rings (SSSR count). The van der Waals surface area contributed by atoms with E-state index >= 15 is 0 Å². The number of aliphatic hydroxyl groups excluding tert-OH is 2. The zero-order valence-corrected chi connectivity index (χ0v) is 15.1. The van der Waals surface area contributed by atoms with Crippen LogP contribution in [-0.4, -0.2) is 67.8 Å². The molecule has 2 aliphatic heterocycles. The summed E-state index contributed by atoms with van der Waals surface area (Å²) >= 11 is 0. The number of likely N-dealkylation sites (tertiary alicyclic amines) is 1. The molecule has 2 amide bonds. The van der Waals surface area contributed by atoms with Crippen molar-refractivity contribution in [2.75, 3.05) is 26.2 Å². The van der Waals surface area contributed by atoms with Crippen molar-refractivity contribution in [2.24, 2.45) is 0 Å². The Labute approximate surface area is 153 Å². The molecule has 1 atom stereocenters. The lowest BCUT2D eigenvalue weighted by Crippen LogP contribution is -2.36. The normalized spacial score (nSPS) is 19.7. The van der Waals surface area contributed by atoms with Gasteiger partial charge in [-0.25, -0.2) is 0 Å². The third-order valence-corrected chi connectivity index (χ3v) is 5.17. The van der Waals surface area contributed by atoms with Gasteiger partial charge in [-0.05, 0) is 25.3 Å². The van der Waals surface area contributed by atoms with E-state index in [-0.39, 0.29) is 18.4 Å². The Morgan fingerprint density at radius 2 is 2.04 bits per heavy atom. The van der Waals surface area contributed by atoms with Gasteiger partial charge in [0.05, 0.1) is 24.5 Å². The molecule has 0 radical (unpaired) electrons. The van der Waals surface area contributed by atoms with E-state index in [1.54, 1.807) is 15.6 Å². The van der Waals surface area contributed by atoms with E-state index in [9.17, 15) is 14.7 Å². The third-order valence-electron chi connectivity index (χ3n) is 5.17. The highest BCUT2D eigenvalue weighted by molar-refractivity contribution is 5.79. The minimum absolute atomic E-state index is 0.0425. The zero-order chi connectivity index (χ0) is 18.5. The van der Waals surface area contributed by atoms with Crippen molar-refractivity contribution in [3.8, 4) is 0 Å². The molecule has 1 saturated heterocycles. The number of amides is 2. The van der Waals surface area contributed by atoms with Crippen LogP contribution >= 0.6 is 0 Å². The molecule has 1 aromatic heterocycles. The number of aromatic nitrogens is 2. The Morgan fingerprint density at radius 3 is 2.85 bits per heavy atom. The molecule has 3 heterocycles. The maximum Gasteiger partial charge on any atom is 0.224 e. The van der Waals surface area contributed by atoms with E-state index in [4.69, 9.17) is 5.11 Å². The van der Waals surface area contributed by atoms with Gasteiger partial charge in [0, 0.05) is 39.0 Å². The number of carbonyl (C=O) groups is 2. The SMILES string of the molecule is O=C1CCCCCN1CCC(=O)N1CCCn2nc([C@@H](O)CO)cc2C1. The van der Waals surface area contributed by atoms with Gasteiger partial charge >= 0.3 is 0 Å². The third kappa shape index (κ3) is 4.42. The highest BCUT2D eigenvalue weighted by Crippen LogP contribution is 2.19. The van der Waals surface area contributed by atoms with Crippen molar-refractivity contribution in [3.63, 3.8) is 0 Å². The first-order chi connectivity index (χ1) is 12.6. The second-order valence-electron chi connectivity index (χ2n) is 7.09. The molecule has 0 aliphatic carbocycles. The van der Waals surface area contributed by atoms with Gasteiger partial charge in [0.2, 0.25) is 11.8 Å². The summed E-state index contributed by atoms with van der Waals surface area (Å²) in [4.78, 5) is 28.3. The van der Waals surface area contributed by atoms with Crippen molar-refractivity contribution in [1.82, 2.24) is 19.6 Å². The molecular formula is C18H28N4O4. The fourth-order valence-corrected chi connectivity index (χ4v) is 3.62. The van der Waals surface area contributed by atoms with Gasteiger partial charge in [-0.2, -0.15) is 5.10 Å².